The second kappa shape index (κ2) is 6.54. The van der Waals surface area contributed by atoms with Gasteiger partial charge < -0.3 is 15.2 Å². The van der Waals surface area contributed by atoms with Crippen molar-refractivity contribution in [3.63, 3.8) is 0 Å². The summed E-state index contributed by atoms with van der Waals surface area (Å²) < 4.78 is 24.6. The predicted molar refractivity (Wildman–Crippen MR) is 78.9 cm³/mol. The molecule has 0 amide bonds. The smallest absolute Gasteiger partial charge is 0.165 e. The van der Waals surface area contributed by atoms with E-state index in [9.17, 15) is 4.39 Å². The number of rotatable bonds is 5. The zero-order valence-electron chi connectivity index (χ0n) is 12.4. The Kier molecular flexibility index (Phi) is 4.75. The Balaban J connectivity index is 2.11. The first-order valence-electron chi connectivity index (χ1n) is 6.69. The highest BCUT2D eigenvalue weighted by molar-refractivity contribution is 5.31. The first-order valence-corrected chi connectivity index (χ1v) is 6.69. The summed E-state index contributed by atoms with van der Waals surface area (Å²) in [6, 6.07) is 8.11. The molecule has 2 aromatic rings. The average molecular weight is 290 g/mol. The Bertz CT molecular complexity index is 630. The summed E-state index contributed by atoms with van der Waals surface area (Å²) in [6.45, 7) is 3.84. The molecule has 0 aliphatic rings. The molecule has 0 aliphatic heterocycles. The molecule has 0 spiro atoms. The van der Waals surface area contributed by atoms with Crippen molar-refractivity contribution < 1.29 is 13.9 Å². The third kappa shape index (κ3) is 3.92. The number of pyridine rings is 1. The van der Waals surface area contributed by atoms with Crippen molar-refractivity contribution in [2.45, 2.75) is 26.5 Å². The lowest BCUT2D eigenvalue weighted by atomic mass is 10.1. The molecule has 2 N–H and O–H groups in total. The zero-order valence-corrected chi connectivity index (χ0v) is 12.4. The van der Waals surface area contributed by atoms with Crippen LogP contribution in [0.1, 0.15) is 29.9 Å². The van der Waals surface area contributed by atoms with E-state index in [1.54, 1.807) is 32.2 Å². The Morgan fingerprint density at radius 1 is 1.29 bits per heavy atom. The average Bonchev–Trinajstić information content (AvgIpc) is 2.45. The number of aryl methyl sites for hydroxylation is 1. The van der Waals surface area contributed by atoms with E-state index in [1.165, 1.54) is 6.07 Å². The van der Waals surface area contributed by atoms with Crippen LogP contribution in [0.5, 0.6) is 11.5 Å². The molecular formula is C16H19FN2O2. The highest BCUT2D eigenvalue weighted by atomic mass is 19.1. The van der Waals surface area contributed by atoms with Gasteiger partial charge in [0.25, 0.3) is 0 Å². The Labute approximate surface area is 123 Å². The van der Waals surface area contributed by atoms with Gasteiger partial charge in [-0.25, -0.2) is 4.39 Å². The molecule has 0 unspecified atom stereocenters. The van der Waals surface area contributed by atoms with Gasteiger partial charge in [0.1, 0.15) is 12.4 Å². The number of methoxy groups -OCH3 is 1. The zero-order chi connectivity index (χ0) is 15.4. The summed E-state index contributed by atoms with van der Waals surface area (Å²) in [6.07, 6.45) is 0. The van der Waals surface area contributed by atoms with Crippen LogP contribution >= 0.6 is 0 Å². The van der Waals surface area contributed by atoms with Gasteiger partial charge in [-0.15, -0.1) is 0 Å². The lowest BCUT2D eigenvalue weighted by Crippen LogP contribution is -2.06. The van der Waals surface area contributed by atoms with Crippen LogP contribution < -0.4 is 15.2 Å². The first-order chi connectivity index (χ1) is 9.99. The molecule has 1 aromatic heterocycles. The van der Waals surface area contributed by atoms with Gasteiger partial charge in [-0.3, -0.25) is 4.98 Å². The van der Waals surface area contributed by atoms with Crippen molar-refractivity contribution in [3.8, 4) is 11.5 Å². The highest BCUT2D eigenvalue weighted by Crippen LogP contribution is 2.22. The molecule has 0 aliphatic carbocycles. The van der Waals surface area contributed by atoms with Crippen LogP contribution in [0.25, 0.3) is 0 Å². The second-order valence-corrected chi connectivity index (χ2v) is 4.91. The van der Waals surface area contributed by atoms with Crippen molar-refractivity contribution in [3.05, 3.63) is 53.1 Å². The molecule has 1 heterocycles. The van der Waals surface area contributed by atoms with Crippen LogP contribution in [-0.2, 0) is 6.61 Å². The van der Waals surface area contributed by atoms with Crippen LogP contribution in [0.2, 0.25) is 0 Å². The van der Waals surface area contributed by atoms with Gasteiger partial charge in [-0.1, -0.05) is 6.07 Å². The van der Waals surface area contributed by atoms with Gasteiger partial charge in [0.15, 0.2) is 11.6 Å². The molecule has 1 atom stereocenters. The summed E-state index contributed by atoms with van der Waals surface area (Å²) in [5.74, 6) is 0.458. The number of nitrogens with two attached hydrogens (primary N) is 1. The Morgan fingerprint density at radius 2 is 2.05 bits per heavy atom. The predicted octanol–water partition coefficient (Wildman–Crippen LogP) is 3.14. The van der Waals surface area contributed by atoms with E-state index in [-0.39, 0.29) is 18.4 Å². The fraction of sp³-hybridized carbons (Fsp3) is 0.312. The maximum absolute atomic E-state index is 13.9. The number of halogens is 1. The summed E-state index contributed by atoms with van der Waals surface area (Å²) in [5, 5.41) is 0. The van der Waals surface area contributed by atoms with Gasteiger partial charge in [-0.2, -0.15) is 0 Å². The van der Waals surface area contributed by atoms with E-state index in [0.29, 0.717) is 11.4 Å². The monoisotopic (exact) mass is 290 g/mol. The van der Waals surface area contributed by atoms with Crippen molar-refractivity contribution >= 4 is 0 Å². The summed E-state index contributed by atoms with van der Waals surface area (Å²) in [4.78, 5) is 4.32. The standard InChI is InChI=1S/C16H19FN2O2/c1-10-6-14(20-3)8-13(19-10)9-21-16-5-4-12(11(2)18)7-15(16)17/h4-8,11H,9,18H2,1-3H3/t11-/m1/s1. The minimum Gasteiger partial charge on any atom is -0.497 e. The quantitative estimate of drug-likeness (QED) is 0.919. The Morgan fingerprint density at radius 3 is 2.67 bits per heavy atom. The third-order valence-corrected chi connectivity index (χ3v) is 3.07. The molecule has 2 rings (SSSR count). The van der Waals surface area contributed by atoms with E-state index in [0.717, 1.165) is 11.3 Å². The summed E-state index contributed by atoms with van der Waals surface area (Å²) >= 11 is 0. The van der Waals surface area contributed by atoms with E-state index < -0.39 is 5.82 Å². The van der Waals surface area contributed by atoms with Gasteiger partial charge >= 0.3 is 0 Å². The lowest BCUT2D eigenvalue weighted by molar-refractivity contribution is 0.284. The normalized spacial score (nSPS) is 12.0. The molecule has 0 saturated heterocycles. The fourth-order valence-corrected chi connectivity index (χ4v) is 1.96. The molecule has 1 aromatic carbocycles. The molecular weight excluding hydrogens is 271 g/mol. The maximum atomic E-state index is 13.9. The molecule has 4 nitrogen and oxygen atoms in total. The fourth-order valence-electron chi connectivity index (χ4n) is 1.96. The molecule has 0 saturated carbocycles. The van der Waals surface area contributed by atoms with Gasteiger partial charge in [0.2, 0.25) is 0 Å². The summed E-state index contributed by atoms with van der Waals surface area (Å²) in [5.41, 5.74) is 7.95. The molecule has 5 heteroatoms. The summed E-state index contributed by atoms with van der Waals surface area (Å²) in [7, 11) is 1.59. The number of ether oxygens (including phenoxy) is 2. The van der Waals surface area contributed by atoms with Gasteiger partial charge in [-0.05, 0) is 31.5 Å². The SMILES string of the molecule is COc1cc(C)nc(COc2ccc([C@@H](C)N)cc2F)c1. The third-order valence-electron chi connectivity index (χ3n) is 3.07. The van der Waals surface area contributed by atoms with Crippen molar-refractivity contribution in [2.75, 3.05) is 7.11 Å². The molecule has 112 valence electrons. The number of nitrogens with zero attached hydrogens (tertiary/aromatic N) is 1. The lowest BCUT2D eigenvalue weighted by Gasteiger charge is -2.11. The van der Waals surface area contributed by atoms with Crippen molar-refractivity contribution in [2.24, 2.45) is 5.73 Å². The molecule has 21 heavy (non-hydrogen) atoms. The van der Waals surface area contributed by atoms with Crippen LogP contribution in [0.15, 0.2) is 30.3 Å². The van der Waals surface area contributed by atoms with Gasteiger partial charge in [0, 0.05) is 23.9 Å². The van der Waals surface area contributed by atoms with Crippen LogP contribution in [0.4, 0.5) is 4.39 Å². The number of hydrogen-bond acceptors (Lipinski definition) is 4. The van der Waals surface area contributed by atoms with Crippen molar-refractivity contribution in [1.82, 2.24) is 4.98 Å². The van der Waals surface area contributed by atoms with Crippen LogP contribution in [-0.4, -0.2) is 12.1 Å². The topological polar surface area (TPSA) is 57.4 Å². The highest BCUT2D eigenvalue weighted by Gasteiger charge is 2.08. The van der Waals surface area contributed by atoms with Gasteiger partial charge in [0.05, 0.1) is 12.8 Å². The second-order valence-electron chi connectivity index (χ2n) is 4.91. The van der Waals surface area contributed by atoms with E-state index in [2.05, 4.69) is 4.98 Å². The van der Waals surface area contributed by atoms with E-state index in [4.69, 9.17) is 15.2 Å². The van der Waals surface area contributed by atoms with E-state index in [1.807, 2.05) is 13.0 Å². The van der Waals surface area contributed by atoms with Crippen LogP contribution in [0, 0.1) is 12.7 Å². The number of benzene rings is 1. The number of aromatic nitrogens is 1. The number of hydrogen-bond donors (Lipinski definition) is 1. The largest absolute Gasteiger partial charge is 0.497 e. The molecule has 0 fully saturated rings. The minimum absolute atomic E-state index is 0.173. The first kappa shape index (κ1) is 15.3. The minimum atomic E-state index is -0.426. The Hall–Kier alpha value is -2.14. The molecule has 0 radical (unpaired) electrons. The maximum Gasteiger partial charge on any atom is 0.165 e. The van der Waals surface area contributed by atoms with Crippen molar-refractivity contribution in [1.29, 1.82) is 0 Å². The van der Waals surface area contributed by atoms with Crippen LogP contribution in [0.3, 0.4) is 0 Å². The van der Waals surface area contributed by atoms with E-state index >= 15 is 0 Å². The molecule has 0 bridgehead atoms.